The highest BCUT2D eigenvalue weighted by molar-refractivity contribution is 7.88. The summed E-state index contributed by atoms with van der Waals surface area (Å²) in [5.74, 6) is 0.940. The number of nitrogens with zero attached hydrogens (tertiary/aromatic N) is 4. The molecule has 0 atom stereocenters. The molecular weight excluding hydrogens is 359 g/mol. The van der Waals surface area contributed by atoms with E-state index in [0.29, 0.717) is 43.7 Å². The van der Waals surface area contributed by atoms with Crippen LogP contribution in [0.2, 0.25) is 0 Å². The fraction of sp³-hybridized carbons (Fsp3) is 0.412. The molecule has 140 valence electrons. The van der Waals surface area contributed by atoms with Crippen molar-refractivity contribution in [3.05, 3.63) is 47.5 Å². The number of aromatic nitrogens is 2. The van der Waals surface area contributed by atoms with Crippen LogP contribution in [0.1, 0.15) is 11.4 Å². The molecule has 2 aromatic rings. The Balaban J connectivity index is 1.68. The van der Waals surface area contributed by atoms with E-state index in [4.69, 9.17) is 4.74 Å². The molecule has 1 aromatic carbocycles. The lowest BCUT2D eigenvalue weighted by Crippen LogP contribution is -2.49. The second-order valence-electron chi connectivity index (χ2n) is 6.05. The van der Waals surface area contributed by atoms with Crippen LogP contribution in [0.25, 0.3) is 0 Å². The molecule has 1 aromatic heterocycles. The van der Waals surface area contributed by atoms with Gasteiger partial charge in [0.05, 0.1) is 12.9 Å². The summed E-state index contributed by atoms with van der Waals surface area (Å²) < 4.78 is 45.5. The summed E-state index contributed by atoms with van der Waals surface area (Å²) in [7, 11) is -2.04. The molecule has 1 aliphatic heterocycles. The van der Waals surface area contributed by atoms with Crippen molar-refractivity contribution in [3.63, 3.8) is 0 Å². The van der Waals surface area contributed by atoms with Gasteiger partial charge in [-0.3, -0.25) is 0 Å². The normalized spacial score (nSPS) is 15.9. The Hall–Kier alpha value is -2.26. The summed E-state index contributed by atoms with van der Waals surface area (Å²) in [6.07, 6.45) is 0. The van der Waals surface area contributed by atoms with Crippen LogP contribution >= 0.6 is 0 Å². The van der Waals surface area contributed by atoms with Crippen LogP contribution in [0.4, 0.5) is 10.2 Å². The first-order valence-corrected chi connectivity index (χ1v) is 9.86. The summed E-state index contributed by atoms with van der Waals surface area (Å²) in [4.78, 5) is 10.5. The molecular formula is C17H21FN4O3S. The molecule has 2 heterocycles. The van der Waals surface area contributed by atoms with Crippen molar-refractivity contribution < 1.29 is 17.5 Å². The molecule has 3 rings (SSSR count). The van der Waals surface area contributed by atoms with Gasteiger partial charge in [0.1, 0.15) is 17.5 Å². The number of hydrogen-bond acceptors (Lipinski definition) is 6. The molecule has 1 saturated heterocycles. The Kier molecular flexibility index (Phi) is 5.38. The second-order valence-corrected chi connectivity index (χ2v) is 8.02. The number of piperazine rings is 1. The minimum atomic E-state index is -3.58. The van der Waals surface area contributed by atoms with E-state index in [1.165, 1.54) is 16.4 Å². The standard InChI is InChI=1S/C17H21FN4O3S/c1-13-19-16(11-17(20-13)25-2)21-7-9-22(10-8-21)26(23,24)12-14-5-3-4-6-15(14)18/h3-6,11H,7-10,12H2,1-2H3. The van der Waals surface area contributed by atoms with Crippen LogP contribution < -0.4 is 9.64 Å². The average molecular weight is 380 g/mol. The van der Waals surface area contributed by atoms with Crippen LogP contribution in [0.5, 0.6) is 5.88 Å². The quantitative estimate of drug-likeness (QED) is 0.784. The Morgan fingerprint density at radius 3 is 2.50 bits per heavy atom. The number of ether oxygens (including phenoxy) is 1. The zero-order chi connectivity index (χ0) is 18.7. The highest BCUT2D eigenvalue weighted by atomic mass is 32.2. The zero-order valence-electron chi connectivity index (χ0n) is 14.7. The SMILES string of the molecule is COc1cc(N2CCN(S(=O)(=O)Cc3ccccc3F)CC2)nc(C)n1. The number of benzene rings is 1. The number of halogens is 1. The van der Waals surface area contributed by atoms with E-state index in [9.17, 15) is 12.8 Å². The Morgan fingerprint density at radius 2 is 1.85 bits per heavy atom. The van der Waals surface area contributed by atoms with Gasteiger partial charge in [0.25, 0.3) is 0 Å². The largest absolute Gasteiger partial charge is 0.481 e. The Morgan fingerprint density at radius 1 is 1.15 bits per heavy atom. The highest BCUT2D eigenvalue weighted by Gasteiger charge is 2.28. The van der Waals surface area contributed by atoms with Gasteiger partial charge < -0.3 is 9.64 Å². The number of anilines is 1. The van der Waals surface area contributed by atoms with Crippen LogP contribution in [0, 0.1) is 12.7 Å². The predicted molar refractivity (Wildman–Crippen MR) is 96.1 cm³/mol. The first-order valence-electron chi connectivity index (χ1n) is 8.25. The van der Waals surface area contributed by atoms with E-state index >= 15 is 0 Å². The summed E-state index contributed by atoms with van der Waals surface area (Å²) in [6.45, 7) is 3.41. The first kappa shape index (κ1) is 18.5. The van der Waals surface area contributed by atoms with Crippen molar-refractivity contribution in [2.24, 2.45) is 0 Å². The average Bonchev–Trinajstić information content (AvgIpc) is 2.63. The van der Waals surface area contributed by atoms with E-state index in [0.717, 1.165) is 0 Å². The molecule has 0 aliphatic carbocycles. The van der Waals surface area contributed by atoms with Crippen molar-refractivity contribution in [1.82, 2.24) is 14.3 Å². The number of aryl methyl sites for hydroxylation is 1. The topological polar surface area (TPSA) is 75.6 Å². The first-order chi connectivity index (χ1) is 12.4. The Labute approximate surface area is 152 Å². The van der Waals surface area contributed by atoms with Gasteiger partial charge in [-0.2, -0.15) is 9.29 Å². The minimum absolute atomic E-state index is 0.186. The molecule has 1 fully saturated rings. The fourth-order valence-corrected chi connectivity index (χ4v) is 4.42. The monoisotopic (exact) mass is 380 g/mol. The smallest absolute Gasteiger partial charge is 0.218 e. The zero-order valence-corrected chi connectivity index (χ0v) is 15.5. The molecule has 9 heteroatoms. The van der Waals surface area contributed by atoms with Crippen molar-refractivity contribution in [1.29, 1.82) is 0 Å². The minimum Gasteiger partial charge on any atom is -0.481 e. The molecule has 0 saturated carbocycles. The number of sulfonamides is 1. The molecule has 0 amide bonds. The van der Waals surface area contributed by atoms with E-state index in [1.807, 2.05) is 4.90 Å². The van der Waals surface area contributed by atoms with Gasteiger partial charge in [-0.15, -0.1) is 0 Å². The van der Waals surface area contributed by atoms with Crippen molar-refractivity contribution in [2.45, 2.75) is 12.7 Å². The van der Waals surface area contributed by atoms with Crippen molar-refractivity contribution in [3.8, 4) is 5.88 Å². The van der Waals surface area contributed by atoms with Crippen molar-refractivity contribution >= 4 is 15.8 Å². The van der Waals surface area contributed by atoms with Crippen molar-refractivity contribution in [2.75, 3.05) is 38.2 Å². The number of rotatable bonds is 5. The van der Waals surface area contributed by atoms with E-state index in [2.05, 4.69) is 9.97 Å². The van der Waals surface area contributed by atoms with Gasteiger partial charge in [-0.05, 0) is 13.0 Å². The molecule has 0 spiro atoms. The van der Waals surface area contributed by atoms with E-state index in [-0.39, 0.29) is 11.3 Å². The lowest BCUT2D eigenvalue weighted by Gasteiger charge is -2.34. The van der Waals surface area contributed by atoms with Gasteiger partial charge in [0, 0.05) is 37.8 Å². The third kappa shape index (κ3) is 4.10. The molecule has 0 radical (unpaired) electrons. The van der Waals surface area contributed by atoms with Crippen LogP contribution in [-0.2, 0) is 15.8 Å². The lowest BCUT2D eigenvalue weighted by atomic mass is 10.2. The maximum atomic E-state index is 13.8. The molecule has 26 heavy (non-hydrogen) atoms. The molecule has 0 N–H and O–H groups in total. The van der Waals surface area contributed by atoms with Crippen LogP contribution in [-0.4, -0.2) is 56.0 Å². The third-order valence-electron chi connectivity index (χ3n) is 4.26. The maximum Gasteiger partial charge on any atom is 0.218 e. The molecule has 0 bridgehead atoms. The molecule has 0 unspecified atom stereocenters. The second kappa shape index (κ2) is 7.55. The van der Waals surface area contributed by atoms with Gasteiger partial charge in [0.15, 0.2) is 0 Å². The van der Waals surface area contributed by atoms with Gasteiger partial charge in [-0.1, -0.05) is 18.2 Å². The van der Waals surface area contributed by atoms with Crippen LogP contribution in [0.3, 0.4) is 0 Å². The fourth-order valence-electron chi connectivity index (χ4n) is 2.89. The molecule has 7 nitrogen and oxygen atoms in total. The summed E-state index contributed by atoms with van der Waals surface area (Å²) >= 11 is 0. The van der Waals surface area contributed by atoms with E-state index in [1.54, 1.807) is 32.2 Å². The highest BCUT2D eigenvalue weighted by Crippen LogP contribution is 2.21. The molecule has 1 aliphatic rings. The van der Waals surface area contributed by atoms with E-state index < -0.39 is 15.8 Å². The Bertz CT molecular complexity index is 883. The van der Waals surface area contributed by atoms with Gasteiger partial charge >= 0.3 is 0 Å². The lowest BCUT2D eigenvalue weighted by molar-refractivity contribution is 0.379. The summed E-state index contributed by atoms with van der Waals surface area (Å²) in [5, 5.41) is 0. The third-order valence-corrected chi connectivity index (χ3v) is 6.09. The summed E-state index contributed by atoms with van der Waals surface area (Å²) in [5.41, 5.74) is 0.186. The summed E-state index contributed by atoms with van der Waals surface area (Å²) in [6, 6.07) is 7.68. The van der Waals surface area contributed by atoms with Gasteiger partial charge in [-0.25, -0.2) is 17.8 Å². The number of methoxy groups -OCH3 is 1. The van der Waals surface area contributed by atoms with Gasteiger partial charge in [0.2, 0.25) is 15.9 Å². The maximum absolute atomic E-state index is 13.8. The number of hydrogen-bond donors (Lipinski definition) is 0. The predicted octanol–water partition coefficient (Wildman–Crippen LogP) is 1.58. The van der Waals surface area contributed by atoms with Crippen LogP contribution in [0.15, 0.2) is 30.3 Å².